The maximum atomic E-state index is 11.2. The van der Waals surface area contributed by atoms with E-state index in [2.05, 4.69) is 32.7 Å². The number of nitro benzene ring substituents is 1. The summed E-state index contributed by atoms with van der Waals surface area (Å²) in [7, 11) is 0. The third kappa shape index (κ3) is 2.21. The van der Waals surface area contributed by atoms with Gasteiger partial charge in [-0.25, -0.2) is 9.67 Å². The quantitative estimate of drug-likeness (QED) is 0.385. The van der Waals surface area contributed by atoms with Crippen molar-refractivity contribution in [2.75, 3.05) is 0 Å². The highest BCUT2D eigenvalue weighted by molar-refractivity contribution is 14.1. The number of nitrogens with zero attached hydrogens (tertiary/aromatic N) is 4. The fourth-order valence-corrected chi connectivity index (χ4v) is 3.06. The van der Waals surface area contributed by atoms with Crippen LogP contribution in [0, 0.1) is 20.6 Å². The minimum Gasteiger partial charge on any atom is -0.258 e. The molecule has 0 N–H and O–H groups in total. The maximum Gasteiger partial charge on any atom is 0.296 e. The van der Waals surface area contributed by atoms with Gasteiger partial charge in [0.05, 0.1) is 29.9 Å². The van der Waals surface area contributed by atoms with Gasteiger partial charge in [0, 0.05) is 12.3 Å². The molecule has 0 radical (unpaired) electrons. The summed E-state index contributed by atoms with van der Waals surface area (Å²) in [4.78, 5) is 15.2. The summed E-state index contributed by atoms with van der Waals surface area (Å²) in [5.74, 6) is 0. The number of hydrogen-bond acceptors (Lipinski definition) is 5. The molecular weight excluding hydrogens is 379 g/mol. The fraction of sp³-hybridized carbons (Fsp3) is 0.0909. The van der Waals surface area contributed by atoms with E-state index < -0.39 is 4.92 Å². The minimum absolute atomic E-state index is 0.0376. The molecule has 2 heterocycles. The number of aryl methyl sites for hydroxylation is 1. The van der Waals surface area contributed by atoms with Gasteiger partial charge in [0.1, 0.15) is 5.69 Å². The summed E-state index contributed by atoms with van der Waals surface area (Å²) in [6.45, 7) is 1.88. The molecule has 8 heteroatoms. The first-order valence-electron chi connectivity index (χ1n) is 5.31. The van der Waals surface area contributed by atoms with Crippen molar-refractivity contribution in [2.45, 2.75) is 6.92 Å². The Morgan fingerprint density at radius 2 is 2.26 bits per heavy atom. The molecule has 0 aliphatic carbocycles. The van der Waals surface area contributed by atoms with Gasteiger partial charge in [-0.2, -0.15) is 5.10 Å². The van der Waals surface area contributed by atoms with Crippen LogP contribution in [0.5, 0.6) is 0 Å². The Morgan fingerprint density at radius 1 is 1.47 bits per heavy atom. The molecule has 0 aliphatic heterocycles. The van der Waals surface area contributed by atoms with E-state index in [1.807, 2.05) is 6.92 Å². The van der Waals surface area contributed by atoms with Crippen LogP contribution in [0.2, 0.25) is 0 Å². The zero-order valence-corrected chi connectivity index (χ0v) is 12.7. The van der Waals surface area contributed by atoms with Gasteiger partial charge in [0.25, 0.3) is 5.69 Å². The van der Waals surface area contributed by atoms with Gasteiger partial charge >= 0.3 is 0 Å². The van der Waals surface area contributed by atoms with Crippen molar-refractivity contribution in [3.05, 3.63) is 43.2 Å². The lowest BCUT2D eigenvalue weighted by molar-refractivity contribution is -0.384. The van der Waals surface area contributed by atoms with Crippen LogP contribution >= 0.6 is 33.9 Å². The molecule has 3 aromatic rings. The fourth-order valence-electron chi connectivity index (χ4n) is 1.83. The number of fused-ring (bicyclic) bond motifs is 1. The van der Waals surface area contributed by atoms with E-state index in [1.54, 1.807) is 24.5 Å². The third-order valence-corrected chi connectivity index (χ3v) is 4.08. The topological polar surface area (TPSA) is 73.8 Å². The van der Waals surface area contributed by atoms with Crippen LogP contribution in [0.4, 0.5) is 5.69 Å². The molecule has 0 fully saturated rings. The van der Waals surface area contributed by atoms with Gasteiger partial charge < -0.3 is 0 Å². The average Bonchev–Trinajstić information content (AvgIpc) is 2.91. The Hall–Kier alpha value is -1.55. The third-order valence-electron chi connectivity index (χ3n) is 2.59. The minimum atomic E-state index is -0.391. The van der Waals surface area contributed by atoms with Gasteiger partial charge in [-0.1, -0.05) is 0 Å². The molecule has 1 aromatic carbocycles. The molecule has 0 saturated carbocycles. The van der Waals surface area contributed by atoms with Crippen LogP contribution in [0.1, 0.15) is 5.01 Å². The molecule has 0 amide bonds. The molecule has 0 saturated heterocycles. The lowest BCUT2D eigenvalue weighted by atomic mass is 10.2. The molecule has 0 atom stereocenters. The molecule has 2 aromatic heterocycles. The first-order chi connectivity index (χ1) is 9.04. The molecule has 3 rings (SSSR count). The molecule has 6 nitrogen and oxygen atoms in total. The van der Waals surface area contributed by atoms with Gasteiger partial charge in [0.2, 0.25) is 0 Å². The number of benzene rings is 1. The van der Waals surface area contributed by atoms with Crippen molar-refractivity contribution in [3.63, 3.8) is 0 Å². The highest BCUT2D eigenvalue weighted by atomic mass is 127. The highest BCUT2D eigenvalue weighted by Gasteiger charge is 2.19. The van der Waals surface area contributed by atoms with E-state index in [9.17, 15) is 10.1 Å². The molecule has 0 aliphatic rings. The van der Waals surface area contributed by atoms with Crippen LogP contribution in [-0.4, -0.2) is 19.7 Å². The van der Waals surface area contributed by atoms with E-state index in [0.29, 0.717) is 5.69 Å². The van der Waals surface area contributed by atoms with E-state index >= 15 is 0 Å². The summed E-state index contributed by atoms with van der Waals surface area (Å²) < 4.78 is 3.24. The molecular formula is C11H7IN4O2S. The van der Waals surface area contributed by atoms with E-state index in [4.69, 9.17) is 0 Å². The number of aromatic nitrogens is 3. The predicted octanol–water partition coefficient (Wildman–Crippen LogP) is 3.30. The number of nitro groups is 1. The predicted molar refractivity (Wildman–Crippen MR) is 80.9 cm³/mol. The lowest BCUT2D eigenvalue weighted by Gasteiger charge is -2.02. The van der Waals surface area contributed by atoms with Gasteiger partial charge in [-0.15, -0.1) is 11.3 Å². The zero-order chi connectivity index (χ0) is 13.6. The molecule has 0 bridgehead atoms. The lowest BCUT2D eigenvalue weighted by Crippen LogP contribution is -2.00. The van der Waals surface area contributed by atoms with Gasteiger partial charge in [-0.05, 0) is 35.6 Å². The van der Waals surface area contributed by atoms with Crippen molar-refractivity contribution in [3.8, 4) is 5.69 Å². The number of hydrogen-bond donors (Lipinski definition) is 0. The average molecular weight is 386 g/mol. The van der Waals surface area contributed by atoms with E-state index in [-0.39, 0.29) is 5.69 Å². The smallest absolute Gasteiger partial charge is 0.258 e. The summed E-state index contributed by atoms with van der Waals surface area (Å²) in [5.41, 5.74) is 1.23. The first-order valence-corrected chi connectivity index (χ1v) is 7.20. The Bertz CT molecular complexity index is 795. The van der Waals surface area contributed by atoms with Crippen LogP contribution in [0.15, 0.2) is 24.5 Å². The standard InChI is InChI=1S/C11H7IN4O2S/c1-6-14-8-2-9(15-5-7(12)4-13-15)10(16(17)18)3-11(8)19-6/h2-5H,1H3. The van der Waals surface area contributed by atoms with Gasteiger partial charge in [-0.3, -0.25) is 10.1 Å². The molecule has 19 heavy (non-hydrogen) atoms. The monoisotopic (exact) mass is 386 g/mol. The van der Waals surface area contributed by atoms with Crippen LogP contribution < -0.4 is 0 Å². The SMILES string of the molecule is Cc1nc2cc(-n3cc(I)cn3)c([N+](=O)[O-])cc2s1. The zero-order valence-electron chi connectivity index (χ0n) is 9.70. The summed E-state index contributed by atoms with van der Waals surface area (Å²) in [5, 5.41) is 16.2. The summed E-state index contributed by atoms with van der Waals surface area (Å²) >= 11 is 3.56. The van der Waals surface area contributed by atoms with Gasteiger partial charge in [0.15, 0.2) is 0 Å². The highest BCUT2D eigenvalue weighted by Crippen LogP contribution is 2.31. The normalized spacial score (nSPS) is 11.1. The second-order valence-electron chi connectivity index (χ2n) is 3.90. The van der Waals surface area contributed by atoms with Crippen molar-refractivity contribution in [1.29, 1.82) is 0 Å². The number of thiazole rings is 1. The van der Waals surface area contributed by atoms with Crippen LogP contribution in [-0.2, 0) is 0 Å². The van der Waals surface area contributed by atoms with Crippen molar-refractivity contribution in [1.82, 2.24) is 14.8 Å². The number of halogens is 1. The van der Waals surface area contributed by atoms with Crippen molar-refractivity contribution in [2.24, 2.45) is 0 Å². The maximum absolute atomic E-state index is 11.2. The van der Waals surface area contributed by atoms with Crippen molar-refractivity contribution < 1.29 is 4.92 Å². The van der Waals surface area contributed by atoms with Crippen LogP contribution in [0.25, 0.3) is 15.9 Å². The first kappa shape index (κ1) is 12.5. The van der Waals surface area contributed by atoms with Crippen LogP contribution in [0.3, 0.4) is 0 Å². The Kier molecular flexibility index (Phi) is 2.97. The van der Waals surface area contributed by atoms with Crippen molar-refractivity contribution >= 4 is 49.8 Å². The summed E-state index contributed by atoms with van der Waals surface area (Å²) in [6, 6.07) is 3.27. The molecule has 0 spiro atoms. The number of rotatable bonds is 2. The van der Waals surface area contributed by atoms with E-state index in [1.165, 1.54) is 16.0 Å². The molecule has 96 valence electrons. The Labute approximate surface area is 125 Å². The van der Waals surface area contributed by atoms with E-state index in [0.717, 1.165) is 18.8 Å². The second-order valence-corrected chi connectivity index (χ2v) is 6.38. The molecule has 0 unspecified atom stereocenters. The Balaban J connectivity index is 2.31. The summed E-state index contributed by atoms with van der Waals surface area (Å²) in [6.07, 6.45) is 3.40. The second kappa shape index (κ2) is 4.53. The largest absolute Gasteiger partial charge is 0.296 e. The Morgan fingerprint density at radius 3 is 2.89 bits per heavy atom.